The van der Waals surface area contributed by atoms with Crippen LogP contribution in [0.15, 0.2) is 18.2 Å². The minimum absolute atomic E-state index is 0.0215. The molecule has 1 saturated heterocycles. The molecule has 2 rings (SSSR count). The van der Waals surface area contributed by atoms with Crippen molar-refractivity contribution in [2.24, 2.45) is 5.92 Å². The number of ether oxygens (including phenoxy) is 1. The number of nitrogens with one attached hydrogen (secondary N) is 1. The molecule has 1 aliphatic heterocycles. The van der Waals surface area contributed by atoms with Crippen LogP contribution in [-0.2, 0) is 9.59 Å². The fourth-order valence-corrected chi connectivity index (χ4v) is 2.83. The van der Waals surface area contributed by atoms with Crippen molar-refractivity contribution in [3.63, 3.8) is 0 Å². The second kappa shape index (κ2) is 8.18. The van der Waals surface area contributed by atoms with Gasteiger partial charge in [-0.2, -0.15) is 0 Å². The van der Waals surface area contributed by atoms with Crippen molar-refractivity contribution in [1.29, 1.82) is 0 Å². The molecule has 5 nitrogen and oxygen atoms in total. The molecule has 132 valence electrons. The van der Waals surface area contributed by atoms with Crippen molar-refractivity contribution in [3.8, 4) is 5.75 Å². The fraction of sp³-hybridized carbons (Fsp3) is 0.579. The molecule has 1 aromatic rings. The van der Waals surface area contributed by atoms with Gasteiger partial charge in [-0.05, 0) is 49.9 Å². The van der Waals surface area contributed by atoms with Crippen molar-refractivity contribution in [2.75, 3.05) is 19.7 Å². The monoisotopic (exact) mass is 332 g/mol. The number of carbonyl (C=O) groups is 2. The largest absolute Gasteiger partial charge is 0.484 e. The topological polar surface area (TPSA) is 58.6 Å². The lowest BCUT2D eigenvalue weighted by atomic mass is 10.0. The van der Waals surface area contributed by atoms with E-state index in [1.807, 2.05) is 50.8 Å². The van der Waals surface area contributed by atoms with Crippen LogP contribution >= 0.6 is 0 Å². The van der Waals surface area contributed by atoms with Crippen LogP contribution in [0.1, 0.15) is 37.8 Å². The normalized spacial score (nSPS) is 15.5. The Hall–Kier alpha value is -2.04. The highest BCUT2D eigenvalue weighted by Gasteiger charge is 2.25. The highest BCUT2D eigenvalue weighted by Crippen LogP contribution is 2.16. The zero-order chi connectivity index (χ0) is 17.7. The number of amides is 2. The first kappa shape index (κ1) is 18.3. The molecule has 0 saturated carbocycles. The lowest BCUT2D eigenvalue weighted by Crippen LogP contribution is -2.48. The van der Waals surface area contributed by atoms with Crippen molar-refractivity contribution in [2.45, 2.75) is 46.6 Å². The van der Waals surface area contributed by atoms with Crippen LogP contribution in [-0.4, -0.2) is 42.5 Å². The molecule has 1 fully saturated rings. The molecule has 1 N–H and O–H groups in total. The average molecular weight is 332 g/mol. The van der Waals surface area contributed by atoms with E-state index in [1.54, 1.807) is 0 Å². The Kier molecular flexibility index (Phi) is 6.23. The lowest BCUT2D eigenvalue weighted by Gasteiger charge is -2.33. The summed E-state index contributed by atoms with van der Waals surface area (Å²) in [6.07, 6.45) is 1.60. The molecule has 0 radical (unpaired) electrons. The average Bonchev–Trinajstić information content (AvgIpc) is 2.56. The van der Waals surface area contributed by atoms with Gasteiger partial charge in [0.1, 0.15) is 5.75 Å². The first-order valence-electron chi connectivity index (χ1n) is 8.65. The van der Waals surface area contributed by atoms with E-state index in [9.17, 15) is 9.59 Å². The Bertz CT molecular complexity index is 590. The third-order valence-electron chi connectivity index (χ3n) is 4.51. The molecular weight excluding hydrogens is 304 g/mol. The zero-order valence-electron chi connectivity index (χ0n) is 15.1. The van der Waals surface area contributed by atoms with Gasteiger partial charge in [0.05, 0.1) is 0 Å². The molecule has 1 heterocycles. The van der Waals surface area contributed by atoms with Crippen molar-refractivity contribution >= 4 is 11.8 Å². The van der Waals surface area contributed by atoms with Gasteiger partial charge in [0.25, 0.3) is 5.91 Å². The van der Waals surface area contributed by atoms with E-state index < -0.39 is 0 Å². The number of hydrogen-bond donors (Lipinski definition) is 1. The molecule has 1 aromatic carbocycles. The molecule has 2 amide bonds. The summed E-state index contributed by atoms with van der Waals surface area (Å²) < 4.78 is 5.56. The van der Waals surface area contributed by atoms with E-state index in [-0.39, 0.29) is 30.4 Å². The summed E-state index contributed by atoms with van der Waals surface area (Å²) in [7, 11) is 0. The van der Waals surface area contributed by atoms with Gasteiger partial charge in [-0.1, -0.05) is 19.9 Å². The highest BCUT2D eigenvalue weighted by molar-refractivity contribution is 5.79. The Balaban J connectivity index is 1.73. The maximum Gasteiger partial charge on any atom is 0.258 e. The van der Waals surface area contributed by atoms with E-state index in [0.29, 0.717) is 18.8 Å². The minimum atomic E-state index is -0.109. The van der Waals surface area contributed by atoms with Gasteiger partial charge in [-0.25, -0.2) is 0 Å². The van der Waals surface area contributed by atoms with Crippen molar-refractivity contribution in [3.05, 3.63) is 29.3 Å². The molecule has 5 heteroatoms. The van der Waals surface area contributed by atoms with Gasteiger partial charge >= 0.3 is 0 Å². The van der Waals surface area contributed by atoms with Gasteiger partial charge in [0, 0.05) is 25.0 Å². The molecular formula is C19H28N2O3. The van der Waals surface area contributed by atoms with Gasteiger partial charge in [0.2, 0.25) is 5.91 Å². The molecule has 24 heavy (non-hydrogen) atoms. The summed E-state index contributed by atoms with van der Waals surface area (Å²) in [5.41, 5.74) is 2.35. The number of carbonyl (C=O) groups excluding carboxylic acids is 2. The van der Waals surface area contributed by atoms with E-state index in [4.69, 9.17) is 4.74 Å². The summed E-state index contributed by atoms with van der Waals surface area (Å²) in [5, 5.41) is 3.00. The summed E-state index contributed by atoms with van der Waals surface area (Å²) in [6, 6.07) is 5.94. The second-order valence-corrected chi connectivity index (χ2v) is 6.86. The summed E-state index contributed by atoms with van der Waals surface area (Å²) in [6.45, 7) is 9.34. The minimum Gasteiger partial charge on any atom is -0.484 e. The fourth-order valence-electron chi connectivity index (χ4n) is 2.83. The third kappa shape index (κ3) is 4.98. The summed E-state index contributed by atoms with van der Waals surface area (Å²) in [5.74, 6) is 0.827. The number of benzene rings is 1. The van der Waals surface area contributed by atoms with Crippen LogP contribution in [0.2, 0.25) is 0 Å². The second-order valence-electron chi connectivity index (χ2n) is 6.86. The first-order valence-corrected chi connectivity index (χ1v) is 8.65. The van der Waals surface area contributed by atoms with Gasteiger partial charge in [-0.3, -0.25) is 9.59 Å². The number of aryl methyl sites for hydroxylation is 2. The lowest BCUT2D eigenvalue weighted by molar-refractivity contribution is -0.135. The molecule has 0 bridgehead atoms. The molecule has 0 unspecified atom stereocenters. The van der Waals surface area contributed by atoms with E-state index in [0.717, 1.165) is 18.4 Å². The van der Waals surface area contributed by atoms with E-state index in [2.05, 4.69) is 5.32 Å². The van der Waals surface area contributed by atoms with Crippen LogP contribution in [0.4, 0.5) is 0 Å². The van der Waals surface area contributed by atoms with E-state index in [1.165, 1.54) is 5.56 Å². The molecule has 1 aliphatic rings. The molecule has 0 atom stereocenters. The van der Waals surface area contributed by atoms with E-state index >= 15 is 0 Å². The van der Waals surface area contributed by atoms with Crippen molar-refractivity contribution < 1.29 is 14.3 Å². The van der Waals surface area contributed by atoms with Gasteiger partial charge in [-0.15, -0.1) is 0 Å². The quantitative estimate of drug-likeness (QED) is 0.901. The van der Waals surface area contributed by atoms with Crippen LogP contribution in [0.3, 0.4) is 0 Å². The Morgan fingerprint density at radius 2 is 1.88 bits per heavy atom. The number of rotatable bonds is 5. The van der Waals surface area contributed by atoms with Crippen LogP contribution in [0.25, 0.3) is 0 Å². The molecule has 0 spiro atoms. The first-order chi connectivity index (χ1) is 11.4. The number of nitrogens with zero attached hydrogens (tertiary/aromatic N) is 1. The molecule has 0 aliphatic carbocycles. The SMILES string of the molecule is Cc1ccc(OCC(=O)NC2CCN(C(=O)C(C)C)CC2)cc1C. The summed E-state index contributed by atoms with van der Waals surface area (Å²) in [4.78, 5) is 25.9. The standard InChI is InChI=1S/C19H28N2O3/c1-13(2)19(23)21-9-7-16(8-10-21)20-18(22)12-24-17-6-5-14(3)15(4)11-17/h5-6,11,13,16H,7-10,12H2,1-4H3,(H,20,22). The predicted octanol–water partition coefficient (Wildman–Crippen LogP) is 2.45. The van der Waals surface area contributed by atoms with Crippen LogP contribution < -0.4 is 10.1 Å². The smallest absolute Gasteiger partial charge is 0.258 e. The Morgan fingerprint density at radius 1 is 1.21 bits per heavy atom. The summed E-state index contributed by atoms with van der Waals surface area (Å²) >= 11 is 0. The van der Waals surface area contributed by atoms with Crippen molar-refractivity contribution in [1.82, 2.24) is 10.2 Å². The van der Waals surface area contributed by atoms with Gasteiger partial charge < -0.3 is 15.0 Å². The van der Waals surface area contributed by atoms with Crippen LogP contribution in [0.5, 0.6) is 5.75 Å². The zero-order valence-corrected chi connectivity index (χ0v) is 15.1. The Morgan fingerprint density at radius 3 is 2.46 bits per heavy atom. The van der Waals surface area contributed by atoms with Gasteiger partial charge in [0.15, 0.2) is 6.61 Å². The molecule has 0 aromatic heterocycles. The maximum absolute atomic E-state index is 12.0. The highest BCUT2D eigenvalue weighted by atomic mass is 16.5. The number of likely N-dealkylation sites (tertiary alicyclic amines) is 1. The maximum atomic E-state index is 12.0. The predicted molar refractivity (Wildman–Crippen MR) is 94.0 cm³/mol. The van der Waals surface area contributed by atoms with Crippen LogP contribution in [0, 0.1) is 19.8 Å². The third-order valence-corrected chi connectivity index (χ3v) is 4.51. The number of hydrogen-bond acceptors (Lipinski definition) is 3. The number of piperidine rings is 1. The Labute approximate surface area is 144 Å².